The lowest BCUT2D eigenvalue weighted by Crippen LogP contribution is -2.45. The Balaban J connectivity index is 1.41. The number of H-pyrrole nitrogens is 1. The van der Waals surface area contributed by atoms with Crippen LogP contribution in [0.15, 0.2) is 60.8 Å². The summed E-state index contributed by atoms with van der Waals surface area (Å²) in [5, 5.41) is 23.9. The van der Waals surface area contributed by atoms with Crippen molar-refractivity contribution in [1.82, 2.24) is 15.5 Å². The number of aromatic amines is 1. The van der Waals surface area contributed by atoms with Gasteiger partial charge >= 0.3 is 0 Å². The number of hydrogen-bond donors (Lipinski definition) is 4. The van der Waals surface area contributed by atoms with E-state index in [2.05, 4.69) is 45.1 Å². The van der Waals surface area contributed by atoms with E-state index in [0.717, 1.165) is 36.2 Å². The quantitative estimate of drug-likeness (QED) is 0.541. The van der Waals surface area contributed by atoms with Crippen LogP contribution in [0.3, 0.4) is 0 Å². The van der Waals surface area contributed by atoms with Crippen molar-refractivity contribution in [3.8, 4) is 11.3 Å². The van der Waals surface area contributed by atoms with Crippen LogP contribution in [0.4, 0.5) is 5.69 Å². The van der Waals surface area contributed by atoms with Gasteiger partial charge in [-0.05, 0) is 30.4 Å². The lowest BCUT2D eigenvalue weighted by molar-refractivity contribution is 0.145. The maximum Gasteiger partial charge on any atom is 0.181 e. The Bertz CT molecular complexity index is 830. The van der Waals surface area contributed by atoms with Crippen LogP contribution in [0.25, 0.3) is 11.3 Å². The van der Waals surface area contributed by atoms with Gasteiger partial charge < -0.3 is 10.4 Å². The van der Waals surface area contributed by atoms with E-state index in [-0.39, 0.29) is 6.04 Å². The Labute approximate surface area is 147 Å². The fourth-order valence-corrected chi connectivity index (χ4v) is 3.47. The molecule has 5 heteroatoms. The van der Waals surface area contributed by atoms with Gasteiger partial charge in [0.25, 0.3) is 0 Å². The maximum absolute atomic E-state index is 10.4. The smallest absolute Gasteiger partial charge is 0.181 e. The Morgan fingerprint density at radius 2 is 1.80 bits per heavy atom. The average Bonchev–Trinajstić information content (AvgIpc) is 3.10. The lowest BCUT2D eigenvalue weighted by atomic mass is 9.88. The molecule has 0 saturated carbocycles. The molecule has 25 heavy (non-hydrogen) atoms. The number of hydrogen-bond acceptors (Lipinski definition) is 4. The summed E-state index contributed by atoms with van der Waals surface area (Å²) in [5.74, 6) is 0. The summed E-state index contributed by atoms with van der Waals surface area (Å²) in [6, 6.07) is 18.7. The first kappa shape index (κ1) is 15.9. The molecular formula is C20H22N4O. The predicted molar refractivity (Wildman–Crippen MR) is 99.0 cm³/mol. The molecule has 0 bridgehead atoms. The van der Waals surface area contributed by atoms with E-state index in [0.29, 0.717) is 0 Å². The topological polar surface area (TPSA) is 73.0 Å². The third-order valence-electron chi connectivity index (χ3n) is 4.73. The van der Waals surface area contributed by atoms with Crippen LogP contribution >= 0.6 is 0 Å². The Morgan fingerprint density at radius 1 is 1.04 bits per heavy atom. The molecule has 1 aliphatic carbocycles. The highest BCUT2D eigenvalue weighted by molar-refractivity contribution is 5.73. The first-order chi connectivity index (χ1) is 12.3. The van der Waals surface area contributed by atoms with E-state index >= 15 is 0 Å². The highest BCUT2D eigenvalue weighted by Gasteiger charge is 2.20. The van der Waals surface area contributed by atoms with Gasteiger partial charge in [0.2, 0.25) is 0 Å². The molecule has 2 unspecified atom stereocenters. The molecule has 0 radical (unpaired) electrons. The van der Waals surface area contributed by atoms with Crippen molar-refractivity contribution < 1.29 is 5.11 Å². The van der Waals surface area contributed by atoms with Crippen molar-refractivity contribution >= 4 is 5.69 Å². The molecule has 1 heterocycles. The highest BCUT2D eigenvalue weighted by atomic mass is 16.3. The van der Waals surface area contributed by atoms with Gasteiger partial charge in [0.1, 0.15) is 0 Å². The van der Waals surface area contributed by atoms with Gasteiger partial charge in [0.05, 0.1) is 17.6 Å². The molecule has 128 valence electrons. The second kappa shape index (κ2) is 7.09. The molecule has 0 fully saturated rings. The van der Waals surface area contributed by atoms with Crippen LogP contribution < -0.4 is 10.6 Å². The van der Waals surface area contributed by atoms with Gasteiger partial charge in [-0.25, -0.2) is 0 Å². The van der Waals surface area contributed by atoms with E-state index in [1.165, 1.54) is 11.1 Å². The van der Waals surface area contributed by atoms with Gasteiger partial charge in [-0.2, -0.15) is 5.10 Å². The van der Waals surface area contributed by atoms with Crippen molar-refractivity contribution in [2.75, 3.05) is 5.32 Å². The van der Waals surface area contributed by atoms with E-state index in [9.17, 15) is 5.11 Å². The molecule has 0 saturated heterocycles. The SMILES string of the molecule is OC(Nc1cn[nH]c1-c1ccccc1)NC1CCc2ccccc2C1. The second-order valence-electron chi connectivity index (χ2n) is 6.45. The predicted octanol–water partition coefficient (Wildman–Crippen LogP) is 2.91. The summed E-state index contributed by atoms with van der Waals surface area (Å²) in [4.78, 5) is 0. The minimum absolute atomic E-state index is 0.254. The molecule has 3 aromatic rings. The van der Waals surface area contributed by atoms with Crippen LogP contribution in [-0.4, -0.2) is 27.7 Å². The Kier molecular flexibility index (Phi) is 4.50. The summed E-state index contributed by atoms with van der Waals surface area (Å²) in [7, 11) is 0. The molecule has 2 aromatic carbocycles. The fourth-order valence-electron chi connectivity index (χ4n) is 3.47. The highest BCUT2D eigenvalue weighted by Crippen LogP contribution is 2.25. The normalized spacial score (nSPS) is 17.7. The number of aliphatic hydroxyl groups is 1. The zero-order valence-electron chi connectivity index (χ0n) is 13.9. The van der Waals surface area contributed by atoms with E-state index in [4.69, 9.17) is 0 Å². The molecule has 0 aliphatic heterocycles. The summed E-state index contributed by atoms with van der Waals surface area (Å²) in [6.07, 6.45) is 3.87. The standard InChI is InChI=1S/C20H22N4O/c25-20(22-17-11-10-14-6-4-5-9-16(14)12-17)23-18-13-21-24-19(18)15-7-2-1-3-8-15/h1-9,13,17,20,22-23,25H,10-12H2,(H,21,24). The number of nitrogens with zero attached hydrogens (tertiary/aromatic N) is 1. The fraction of sp³-hybridized carbons (Fsp3) is 0.250. The number of aryl methyl sites for hydroxylation is 1. The molecule has 4 N–H and O–H groups in total. The minimum atomic E-state index is -0.824. The van der Waals surface area contributed by atoms with Crippen LogP contribution in [-0.2, 0) is 12.8 Å². The zero-order chi connectivity index (χ0) is 17.1. The Hall–Kier alpha value is -2.63. The molecule has 1 aliphatic rings. The summed E-state index contributed by atoms with van der Waals surface area (Å²) in [6.45, 7) is 0. The number of fused-ring (bicyclic) bond motifs is 1. The van der Waals surface area contributed by atoms with Crippen LogP contribution in [0, 0.1) is 0 Å². The average molecular weight is 334 g/mol. The van der Waals surface area contributed by atoms with Gasteiger partial charge in [-0.1, -0.05) is 54.6 Å². The third kappa shape index (κ3) is 3.57. The number of aliphatic hydroxyl groups excluding tert-OH is 1. The maximum atomic E-state index is 10.4. The van der Waals surface area contributed by atoms with E-state index < -0.39 is 6.35 Å². The summed E-state index contributed by atoms with van der Waals surface area (Å²) < 4.78 is 0. The number of nitrogens with one attached hydrogen (secondary N) is 3. The van der Waals surface area contributed by atoms with Crippen molar-refractivity contribution in [1.29, 1.82) is 0 Å². The lowest BCUT2D eigenvalue weighted by Gasteiger charge is -2.28. The van der Waals surface area contributed by atoms with Crippen LogP contribution in [0.2, 0.25) is 0 Å². The molecule has 4 rings (SSSR count). The van der Waals surface area contributed by atoms with Crippen molar-refractivity contribution in [2.24, 2.45) is 0 Å². The molecule has 1 aromatic heterocycles. The first-order valence-electron chi connectivity index (χ1n) is 8.66. The van der Waals surface area contributed by atoms with Crippen molar-refractivity contribution in [3.63, 3.8) is 0 Å². The van der Waals surface area contributed by atoms with Crippen LogP contribution in [0.5, 0.6) is 0 Å². The second-order valence-corrected chi connectivity index (χ2v) is 6.45. The monoisotopic (exact) mass is 334 g/mol. The molecule has 0 spiro atoms. The van der Waals surface area contributed by atoms with E-state index in [1.54, 1.807) is 6.20 Å². The zero-order valence-corrected chi connectivity index (χ0v) is 13.9. The van der Waals surface area contributed by atoms with Crippen molar-refractivity contribution in [3.05, 3.63) is 71.9 Å². The third-order valence-corrected chi connectivity index (χ3v) is 4.73. The first-order valence-corrected chi connectivity index (χ1v) is 8.66. The molecule has 0 amide bonds. The Morgan fingerprint density at radius 3 is 2.64 bits per heavy atom. The number of aromatic nitrogens is 2. The van der Waals surface area contributed by atoms with Gasteiger partial charge in [-0.3, -0.25) is 10.4 Å². The molecule has 5 nitrogen and oxygen atoms in total. The van der Waals surface area contributed by atoms with Gasteiger partial charge in [0.15, 0.2) is 6.35 Å². The minimum Gasteiger partial charge on any atom is -0.361 e. The van der Waals surface area contributed by atoms with Gasteiger partial charge in [-0.15, -0.1) is 0 Å². The van der Waals surface area contributed by atoms with Crippen molar-refractivity contribution in [2.45, 2.75) is 31.7 Å². The number of benzene rings is 2. The van der Waals surface area contributed by atoms with Gasteiger partial charge in [0, 0.05) is 11.6 Å². The van der Waals surface area contributed by atoms with Crippen LogP contribution in [0.1, 0.15) is 17.5 Å². The number of rotatable bonds is 5. The summed E-state index contributed by atoms with van der Waals surface area (Å²) in [5.41, 5.74) is 5.47. The molecule has 2 atom stereocenters. The number of anilines is 1. The summed E-state index contributed by atoms with van der Waals surface area (Å²) >= 11 is 0. The largest absolute Gasteiger partial charge is 0.361 e. The van der Waals surface area contributed by atoms with E-state index in [1.807, 2.05) is 30.3 Å². The molecular weight excluding hydrogens is 312 g/mol.